The number of nitrogens with one attached hydrogen (secondary N) is 1. The summed E-state index contributed by atoms with van der Waals surface area (Å²) >= 11 is 0. The van der Waals surface area contributed by atoms with Crippen LogP contribution in [0.4, 0.5) is 0 Å². The van der Waals surface area contributed by atoms with Crippen molar-refractivity contribution in [2.45, 2.75) is 33.2 Å². The molecule has 1 saturated heterocycles. The highest BCUT2D eigenvalue weighted by Gasteiger charge is 2.32. The maximum atomic E-state index is 12.5. The van der Waals surface area contributed by atoms with E-state index in [0.29, 0.717) is 25.1 Å². The molecule has 1 aromatic rings. The standard InChI is InChI=1S/C14H19N3O2/c1-4-12-13(18)15-5-6-17(12)14(19)11-7-9(2)10(3)16-8-11/h7-8,12H,4-6H2,1-3H3,(H,15,18)/t12-/m1/s1. The van der Waals surface area contributed by atoms with E-state index >= 15 is 0 Å². The third-order valence-corrected chi connectivity index (χ3v) is 3.57. The van der Waals surface area contributed by atoms with E-state index in [1.54, 1.807) is 11.1 Å². The lowest BCUT2D eigenvalue weighted by molar-refractivity contribution is -0.127. The minimum absolute atomic E-state index is 0.0705. The van der Waals surface area contributed by atoms with Gasteiger partial charge in [-0.05, 0) is 31.9 Å². The Morgan fingerprint density at radius 2 is 2.26 bits per heavy atom. The van der Waals surface area contributed by atoms with Crippen LogP contribution < -0.4 is 5.32 Å². The maximum Gasteiger partial charge on any atom is 0.256 e. The fourth-order valence-electron chi connectivity index (χ4n) is 2.29. The maximum absolute atomic E-state index is 12.5. The molecule has 2 rings (SSSR count). The third-order valence-electron chi connectivity index (χ3n) is 3.57. The molecule has 0 aliphatic carbocycles. The van der Waals surface area contributed by atoms with Gasteiger partial charge in [0.1, 0.15) is 6.04 Å². The van der Waals surface area contributed by atoms with Crippen molar-refractivity contribution in [2.24, 2.45) is 0 Å². The van der Waals surface area contributed by atoms with Crippen LogP contribution in [0.3, 0.4) is 0 Å². The minimum Gasteiger partial charge on any atom is -0.353 e. The van der Waals surface area contributed by atoms with Crippen LogP contribution in [0.2, 0.25) is 0 Å². The first-order valence-corrected chi connectivity index (χ1v) is 6.56. The molecule has 19 heavy (non-hydrogen) atoms. The number of rotatable bonds is 2. The lowest BCUT2D eigenvalue weighted by atomic mass is 10.1. The first-order chi connectivity index (χ1) is 9.04. The van der Waals surface area contributed by atoms with Crippen LogP contribution in [-0.4, -0.2) is 40.8 Å². The van der Waals surface area contributed by atoms with Gasteiger partial charge in [0.05, 0.1) is 5.56 Å². The van der Waals surface area contributed by atoms with E-state index in [4.69, 9.17) is 0 Å². The SMILES string of the molecule is CC[C@@H]1C(=O)NCCN1C(=O)c1cnc(C)c(C)c1. The van der Waals surface area contributed by atoms with Crippen LogP contribution in [0.15, 0.2) is 12.3 Å². The molecular formula is C14H19N3O2. The quantitative estimate of drug-likeness (QED) is 0.865. The Kier molecular flexibility index (Phi) is 3.83. The highest BCUT2D eigenvalue weighted by molar-refractivity contribution is 5.98. The van der Waals surface area contributed by atoms with E-state index in [0.717, 1.165) is 11.3 Å². The van der Waals surface area contributed by atoms with Crippen LogP contribution in [-0.2, 0) is 4.79 Å². The highest BCUT2D eigenvalue weighted by atomic mass is 16.2. The predicted molar refractivity (Wildman–Crippen MR) is 71.8 cm³/mol. The summed E-state index contributed by atoms with van der Waals surface area (Å²) in [5.41, 5.74) is 2.46. The van der Waals surface area contributed by atoms with Gasteiger partial charge in [-0.15, -0.1) is 0 Å². The van der Waals surface area contributed by atoms with Crippen molar-refractivity contribution in [2.75, 3.05) is 13.1 Å². The molecule has 1 N–H and O–H groups in total. The monoisotopic (exact) mass is 261 g/mol. The molecule has 1 aliphatic rings. The average Bonchev–Trinajstić information content (AvgIpc) is 2.40. The summed E-state index contributed by atoms with van der Waals surface area (Å²) in [4.78, 5) is 30.1. The van der Waals surface area contributed by atoms with Crippen LogP contribution in [0.5, 0.6) is 0 Å². The number of carbonyl (C=O) groups excluding carboxylic acids is 2. The zero-order valence-electron chi connectivity index (χ0n) is 11.6. The van der Waals surface area contributed by atoms with Crippen molar-refractivity contribution in [1.82, 2.24) is 15.2 Å². The normalized spacial score (nSPS) is 19.2. The molecule has 2 amide bonds. The van der Waals surface area contributed by atoms with E-state index in [2.05, 4.69) is 10.3 Å². The number of aromatic nitrogens is 1. The zero-order valence-corrected chi connectivity index (χ0v) is 11.6. The van der Waals surface area contributed by atoms with E-state index in [1.807, 2.05) is 26.8 Å². The molecule has 0 unspecified atom stereocenters. The average molecular weight is 261 g/mol. The molecule has 1 aliphatic heterocycles. The van der Waals surface area contributed by atoms with E-state index in [1.165, 1.54) is 0 Å². The lowest BCUT2D eigenvalue weighted by Crippen LogP contribution is -2.56. The number of nitrogens with zero attached hydrogens (tertiary/aromatic N) is 2. The van der Waals surface area contributed by atoms with Gasteiger partial charge < -0.3 is 10.2 Å². The molecule has 2 heterocycles. The first kappa shape index (κ1) is 13.5. The molecule has 102 valence electrons. The van der Waals surface area contributed by atoms with Gasteiger partial charge in [-0.2, -0.15) is 0 Å². The fourth-order valence-corrected chi connectivity index (χ4v) is 2.29. The Morgan fingerprint density at radius 1 is 1.53 bits per heavy atom. The minimum atomic E-state index is -0.372. The highest BCUT2D eigenvalue weighted by Crippen LogP contribution is 2.15. The summed E-state index contributed by atoms with van der Waals surface area (Å²) in [7, 11) is 0. The molecule has 1 aromatic heterocycles. The van der Waals surface area contributed by atoms with Crippen molar-refractivity contribution in [3.63, 3.8) is 0 Å². The van der Waals surface area contributed by atoms with Crippen LogP contribution in [0.25, 0.3) is 0 Å². The second kappa shape index (κ2) is 5.38. The molecule has 1 fully saturated rings. The number of carbonyl (C=O) groups is 2. The summed E-state index contributed by atoms with van der Waals surface area (Å²) in [5.74, 6) is -0.184. The van der Waals surface area contributed by atoms with E-state index in [-0.39, 0.29) is 17.9 Å². The second-order valence-corrected chi connectivity index (χ2v) is 4.84. The number of piperazine rings is 1. The number of hydrogen-bond donors (Lipinski definition) is 1. The van der Waals surface area contributed by atoms with E-state index in [9.17, 15) is 9.59 Å². The molecule has 0 spiro atoms. The molecule has 5 heteroatoms. The Balaban J connectivity index is 2.26. The van der Waals surface area contributed by atoms with Crippen molar-refractivity contribution in [3.05, 3.63) is 29.1 Å². The third kappa shape index (κ3) is 2.59. The van der Waals surface area contributed by atoms with Gasteiger partial charge in [0.15, 0.2) is 0 Å². The van der Waals surface area contributed by atoms with Gasteiger partial charge in [-0.3, -0.25) is 14.6 Å². The molecule has 5 nitrogen and oxygen atoms in total. The van der Waals surface area contributed by atoms with E-state index < -0.39 is 0 Å². The summed E-state index contributed by atoms with van der Waals surface area (Å²) < 4.78 is 0. The number of amides is 2. The van der Waals surface area contributed by atoms with Crippen molar-refractivity contribution >= 4 is 11.8 Å². The number of pyridine rings is 1. The molecule has 0 bridgehead atoms. The Hall–Kier alpha value is -1.91. The molecule has 0 aromatic carbocycles. The summed E-state index contributed by atoms with van der Waals surface area (Å²) in [6.07, 6.45) is 2.21. The van der Waals surface area contributed by atoms with Gasteiger partial charge in [0.2, 0.25) is 5.91 Å². The Bertz CT molecular complexity index is 513. The van der Waals surface area contributed by atoms with Gasteiger partial charge in [0.25, 0.3) is 5.91 Å². The zero-order chi connectivity index (χ0) is 14.0. The lowest BCUT2D eigenvalue weighted by Gasteiger charge is -2.34. The van der Waals surface area contributed by atoms with Crippen LogP contribution in [0.1, 0.15) is 35.0 Å². The molecular weight excluding hydrogens is 242 g/mol. The van der Waals surface area contributed by atoms with Gasteiger partial charge in [-0.25, -0.2) is 0 Å². The van der Waals surface area contributed by atoms with Crippen LogP contribution in [0, 0.1) is 13.8 Å². The number of aryl methyl sites for hydroxylation is 2. The van der Waals surface area contributed by atoms with Crippen molar-refractivity contribution in [3.8, 4) is 0 Å². The molecule has 1 atom stereocenters. The van der Waals surface area contributed by atoms with Gasteiger partial charge >= 0.3 is 0 Å². The summed E-state index contributed by atoms with van der Waals surface area (Å²) in [6.45, 7) is 6.82. The Morgan fingerprint density at radius 3 is 2.89 bits per heavy atom. The summed E-state index contributed by atoms with van der Waals surface area (Å²) in [5, 5.41) is 2.79. The van der Waals surface area contributed by atoms with Gasteiger partial charge in [0, 0.05) is 25.0 Å². The molecule has 0 radical (unpaired) electrons. The molecule has 0 saturated carbocycles. The van der Waals surface area contributed by atoms with Gasteiger partial charge in [-0.1, -0.05) is 6.92 Å². The smallest absolute Gasteiger partial charge is 0.256 e. The van der Waals surface area contributed by atoms with Crippen LogP contribution >= 0.6 is 0 Å². The fraction of sp³-hybridized carbons (Fsp3) is 0.500. The second-order valence-electron chi connectivity index (χ2n) is 4.84. The Labute approximate surface area is 113 Å². The van der Waals surface area contributed by atoms with Crippen molar-refractivity contribution < 1.29 is 9.59 Å². The largest absolute Gasteiger partial charge is 0.353 e. The first-order valence-electron chi connectivity index (χ1n) is 6.56. The van der Waals surface area contributed by atoms with Crippen molar-refractivity contribution in [1.29, 1.82) is 0 Å². The topological polar surface area (TPSA) is 62.3 Å². The predicted octanol–water partition coefficient (Wildman–Crippen LogP) is 1.05. The summed E-state index contributed by atoms with van der Waals surface area (Å²) in [6, 6.07) is 1.46. The number of hydrogen-bond acceptors (Lipinski definition) is 3.